The van der Waals surface area contributed by atoms with Crippen molar-refractivity contribution in [2.45, 2.75) is 13.3 Å². The van der Waals surface area contributed by atoms with Gasteiger partial charge in [0.25, 0.3) is 0 Å². The first-order valence-corrected chi connectivity index (χ1v) is 3.79. The molecule has 68 valence electrons. The summed E-state index contributed by atoms with van der Waals surface area (Å²) in [6, 6.07) is 6.04. The van der Waals surface area contributed by atoms with E-state index in [0.29, 0.717) is 6.54 Å². The highest BCUT2D eigenvalue weighted by Crippen LogP contribution is 2.12. The van der Waals surface area contributed by atoms with E-state index < -0.39 is 0 Å². The van der Waals surface area contributed by atoms with Gasteiger partial charge in [-0.3, -0.25) is 0 Å². The van der Waals surface area contributed by atoms with Crippen LogP contribution < -0.4 is 17.6 Å². The van der Waals surface area contributed by atoms with Crippen LogP contribution in [0.4, 0.5) is 5.69 Å². The lowest BCUT2D eigenvalue weighted by atomic mass is 10.1. The van der Waals surface area contributed by atoms with Gasteiger partial charge < -0.3 is 17.6 Å². The zero-order chi connectivity index (χ0) is 8.27. The number of hydrogen-bond acceptors (Lipinski definition) is 3. The van der Waals surface area contributed by atoms with Crippen molar-refractivity contribution in [2.24, 2.45) is 5.73 Å². The maximum atomic E-state index is 5.65. The third-order valence-corrected chi connectivity index (χ3v) is 1.77. The van der Waals surface area contributed by atoms with Crippen LogP contribution in [0.5, 0.6) is 0 Å². The second kappa shape index (κ2) is 4.74. The summed E-state index contributed by atoms with van der Waals surface area (Å²) in [7, 11) is 0. The van der Waals surface area contributed by atoms with Crippen LogP contribution in [-0.2, 0) is 6.42 Å². The Balaban J connectivity index is 0.00000121. The molecular weight excluding hydrogens is 150 g/mol. The van der Waals surface area contributed by atoms with Crippen molar-refractivity contribution < 1.29 is 0 Å². The number of nitrogens with two attached hydrogens (primary N) is 2. The van der Waals surface area contributed by atoms with E-state index in [2.05, 4.69) is 6.07 Å². The molecule has 0 atom stereocenters. The summed E-state index contributed by atoms with van der Waals surface area (Å²) >= 11 is 0. The van der Waals surface area contributed by atoms with Gasteiger partial charge in [0.1, 0.15) is 0 Å². The maximum Gasteiger partial charge on any atom is 0.0343 e. The number of anilines is 1. The van der Waals surface area contributed by atoms with E-state index in [9.17, 15) is 0 Å². The summed E-state index contributed by atoms with van der Waals surface area (Å²) in [5, 5.41) is 0. The highest BCUT2D eigenvalue weighted by Gasteiger charge is 1.94. The van der Waals surface area contributed by atoms with Crippen molar-refractivity contribution in [2.75, 3.05) is 12.3 Å². The van der Waals surface area contributed by atoms with Crippen LogP contribution in [0.3, 0.4) is 0 Å². The molecule has 0 aliphatic carbocycles. The molecule has 0 fully saturated rings. The molecule has 0 radical (unpaired) electrons. The average molecular weight is 167 g/mol. The van der Waals surface area contributed by atoms with Crippen molar-refractivity contribution in [3.05, 3.63) is 29.3 Å². The minimum absolute atomic E-state index is 0. The Morgan fingerprint density at radius 1 is 1.33 bits per heavy atom. The van der Waals surface area contributed by atoms with E-state index in [0.717, 1.165) is 17.7 Å². The molecule has 7 N–H and O–H groups in total. The van der Waals surface area contributed by atoms with Gasteiger partial charge >= 0.3 is 0 Å². The van der Waals surface area contributed by atoms with Crippen LogP contribution in [0.25, 0.3) is 0 Å². The van der Waals surface area contributed by atoms with Crippen LogP contribution >= 0.6 is 0 Å². The number of aryl methyl sites for hydroxylation is 1. The molecule has 0 aliphatic rings. The van der Waals surface area contributed by atoms with Gasteiger partial charge in [-0.25, -0.2) is 0 Å². The number of nitrogen functional groups attached to an aromatic ring is 1. The van der Waals surface area contributed by atoms with Crippen molar-refractivity contribution in [1.29, 1.82) is 0 Å². The van der Waals surface area contributed by atoms with Crippen molar-refractivity contribution in [3.8, 4) is 0 Å². The third kappa shape index (κ3) is 2.53. The molecule has 12 heavy (non-hydrogen) atoms. The molecular formula is C9H17N3. The molecule has 0 aromatic heterocycles. The van der Waals surface area contributed by atoms with Gasteiger partial charge in [0.2, 0.25) is 0 Å². The number of hydrogen-bond donors (Lipinski definition) is 3. The van der Waals surface area contributed by atoms with E-state index >= 15 is 0 Å². The fourth-order valence-corrected chi connectivity index (χ4v) is 1.06. The largest absolute Gasteiger partial charge is 0.399 e. The summed E-state index contributed by atoms with van der Waals surface area (Å²) in [6.07, 6.45) is 0.932. The van der Waals surface area contributed by atoms with E-state index in [1.54, 1.807) is 0 Å². The molecule has 0 aliphatic heterocycles. The zero-order valence-corrected chi connectivity index (χ0v) is 7.51. The Labute approximate surface area is 73.3 Å². The lowest BCUT2D eigenvalue weighted by Crippen LogP contribution is -2.03. The van der Waals surface area contributed by atoms with Gasteiger partial charge in [-0.1, -0.05) is 12.1 Å². The Morgan fingerprint density at radius 2 is 2.00 bits per heavy atom. The van der Waals surface area contributed by atoms with E-state index in [1.165, 1.54) is 5.56 Å². The second-order valence-corrected chi connectivity index (χ2v) is 2.73. The third-order valence-electron chi connectivity index (χ3n) is 1.77. The molecule has 0 saturated carbocycles. The summed E-state index contributed by atoms with van der Waals surface area (Å²) < 4.78 is 0. The molecule has 1 aromatic rings. The fourth-order valence-electron chi connectivity index (χ4n) is 1.06. The molecule has 1 rings (SSSR count). The van der Waals surface area contributed by atoms with Gasteiger partial charge in [0, 0.05) is 5.69 Å². The van der Waals surface area contributed by atoms with E-state index in [4.69, 9.17) is 11.5 Å². The first-order valence-electron chi connectivity index (χ1n) is 3.79. The fraction of sp³-hybridized carbons (Fsp3) is 0.333. The molecule has 3 nitrogen and oxygen atoms in total. The van der Waals surface area contributed by atoms with Gasteiger partial charge in [-0.2, -0.15) is 0 Å². The molecule has 1 aromatic carbocycles. The predicted octanol–water partition coefficient (Wildman–Crippen LogP) is 1.24. The van der Waals surface area contributed by atoms with Gasteiger partial charge in [-0.05, 0) is 37.1 Å². The first kappa shape index (κ1) is 10.9. The van der Waals surface area contributed by atoms with Crippen LogP contribution in [0.2, 0.25) is 0 Å². The summed E-state index contributed by atoms with van der Waals surface area (Å²) in [5.74, 6) is 0. The molecule has 0 amide bonds. The Kier molecular flexibility index (Phi) is 4.33. The number of rotatable bonds is 2. The van der Waals surface area contributed by atoms with Crippen LogP contribution in [-0.4, -0.2) is 6.54 Å². The Morgan fingerprint density at radius 3 is 2.50 bits per heavy atom. The molecule has 0 bridgehead atoms. The Hall–Kier alpha value is -1.06. The quantitative estimate of drug-likeness (QED) is 0.579. The molecule has 0 heterocycles. The minimum Gasteiger partial charge on any atom is -0.399 e. The van der Waals surface area contributed by atoms with Crippen LogP contribution in [0, 0.1) is 6.92 Å². The van der Waals surface area contributed by atoms with Gasteiger partial charge in [-0.15, -0.1) is 0 Å². The van der Waals surface area contributed by atoms with E-state index in [-0.39, 0.29) is 6.15 Å². The summed E-state index contributed by atoms with van der Waals surface area (Å²) in [5.41, 5.74) is 14.3. The molecule has 0 spiro atoms. The van der Waals surface area contributed by atoms with Crippen molar-refractivity contribution >= 4 is 5.69 Å². The van der Waals surface area contributed by atoms with Gasteiger partial charge in [0.15, 0.2) is 0 Å². The van der Waals surface area contributed by atoms with Crippen molar-refractivity contribution in [1.82, 2.24) is 6.15 Å². The van der Waals surface area contributed by atoms with E-state index in [1.807, 2.05) is 19.1 Å². The highest BCUT2D eigenvalue weighted by molar-refractivity contribution is 5.47. The van der Waals surface area contributed by atoms with Crippen molar-refractivity contribution in [3.63, 3.8) is 0 Å². The second-order valence-electron chi connectivity index (χ2n) is 2.73. The zero-order valence-electron chi connectivity index (χ0n) is 7.51. The topological polar surface area (TPSA) is 87.0 Å². The standard InChI is InChI=1S/C9H14N2.H3N/c1-7-6-8(4-5-10)2-3-9(7)11;/h2-3,6H,4-5,10-11H2,1H3;1H3. The smallest absolute Gasteiger partial charge is 0.0343 e. The van der Waals surface area contributed by atoms with Gasteiger partial charge in [0.05, 0.1) is 0 Å². The molecule has 3 heteroatoms. The SMILES string of the molecule is Cc1cc(CCN)ccc1N.N. The first-order chi connectivity index (χ1) is 5.24. The van der Waals surface area contributed by atoms with Crippen LogP contribution in [0.1, 0.15) is 11.1 Å². The predicted molar refractivity (Wildman–Crippen MR) is 53.4 cm³/mol. The normalized spacial score (nSPS) is 9.17. The monoisotopic (exact) mass is 167 g/mol. The lowest BCUT2D eigenvalue weighted by Gasteiger charge is -2.02. The summed E-state index contributed by atoms with van der Waals surface area (Å²) in [6.45, 7) is 2.71. The molecule has 0 saturated heterocycles. The minimum atomic E-state index is 0. The highest BCUT2D eigenvalue weighted by atomic mass is 14.6. The molecule has 0 unspecified atom stereocenters. The lowest BCUT2D eigenvalue weighted by molar-refractivity contribution is 0.967. The Bertz CT molecular complexity index is 246. The van der Waals surface area contributed by atoms with Crippen LogP contribution in [0.15, 0.2) is 18.2 Å². The summed E-state index contributed by atoms with van der Waals surface area (Å²) in [4.78, 5) is 0. The maximum absolute atomic E-state index is 5.65. The average Bonchev–Trinajstić information content (AvgIpc) is 1.98. The number of benzene rings is 1.